The third-order valence-corrected chi connectivity index (χ3v) is 2.24. The molecule has 0 atom stereocenters. The van der Waals surface area contributed by atoms with E-state index in [1.165, 1.54) is 6.92 Å². The molecular weight excluding hydrogens is 225 g/mol. The molecule has 8 heteroatoms. The monoisotopic (exact) mass is 232 g/mol. The maximum absolute atomic E-state index is 12.3. The molecule has 0 aliphatic heterocycles. The third kappa shape index (κ3) is 1.46. The molecule has 0 unspecified atom stereocenters. The number of hydrogen-bond donors (Lipinski definition) is 1. The maximum atomic E-state index is 12.3. The number of hydrogen-bond acceptors (Lipinski definition) is 3. The molecule has 0 bridgehead atoms. The largest absolute Gasteiger partial charge is 0.453 e. The average molecular weight is 232 g/mol. The van der Waals surface area contributed by atoms with Gasteiger partial charge in [-0.25, -0.2) is 0 Å². The molecule has 0 amide bonds. The van der Waals surface area contributed by atoms with E-state index in [0.717, 1.165) is 0 Å². The number of H-pyrrole nitrogens is 1. The molecule has 0 aromatic carbocycles. The Hall–Kier alpha value is -1.86. The lowest BCUT2D eigenvalue weighted by Gasteiger charge is -1.98. The molecule has 0 radical (unpaired) electrons. The summed E-state index contributed by atoms with van der Waals surface area (Å²) in [6.45, 7) is 3.08. The minimum absolute atomic E-state index is 0.208. The smallest absolute Gasteiger partial charge is 0.328 e. The topological polar surface area (TPSA) is 63.1 Å². The van der Waals surface area contributed by atoms with Crippen LogP contribution in [-0.2, 0) is 6.18 Å². The van der Waals surface area contributed by atoms with Crippen molar-refractivity contribution in [2.24, 2.45) is 0 Å². The highest BCUT2D eigenvalue weighted by Gasteiger charge is 2.36. The Balaban J connectivity index is 2.82. The highest BCUT2D eigenvalue weighted by atomic mass is 19.4. The lowest BCUT2D eigenvalue weighted by molar-refractivity contribution is -0.144. The molecule has 86 valence electrons. The van der Waals surface area contributed by atoms with Crippen molar-refractivity contribution in [2.75, 3.05) is 0 Å². The second-order valence-corrected chi connectivity index (χ2v) is 3.35. The lowest BCUT2D eigenvalue weighted by Crippen LogP contribution is -2.20. The Bertz CT molecular complexity index is 610. The Labute approximate surface area is 86.9 Å². The van der Waals surface area contributed by atoms with E-state index in [9.17, 15) is 18.0 Å². The van der Waals surface area contributed by atoms with Crippen LogP contribution >= 0.6 is 0 Å². The van der Waals surface area contributed by atoms with Crippen molar-refractivity contribution < 1.29 is 13.2 Å². The fourth-order valence-electron chi connectivity index (χ4n) is 1.24. The summed E-state index contributed by atoms with van der Waals surface area (Å²) in [5.41, 5.74) is 0.180. The number of aromatic amines is 1. The summed E-state index contributed by atoms with van der Waals surface area (Å²) < 4.78 is 37.5. The Morgan fingerprint density at radius 2 is 1.94 bits per heavy atom. The molecular formula is C8H7F3N4O. The Kier molecular flexibility index (Phi) is 2.04. The summed E-state index contributed by atoms with van der Waals surface area (Å²) in [5.74, 6) is -1.54. The van der Waals surface area contributed by atoms with Gasteiger partial charge in [0.2, 0.25) is 5.78 Å². The number of alkyl halides is 3. The molecule has 0 saturated heterocycles. The number of aromatic nitrogens is 4. The number of nitrogens with one attached hydrogen (secondary N) is 1. The van der Waals surface area contributed by atoms with Gasteiger partial charge < -0.3 is 4.98 Å². The molecule has 0 fully saturated rings. The van der Waals surface area contributed by atoms with Gasteiger partial charge in [0.25, 0.3) is 11.4 Å². The van der Waals surface area contributed by atoms with Crippen LogP contribution in [0.2, 0.25) is 0 Å². The second kappa shape index (κ2) is 3.06. The highest BCUT2D eigenvalue weighted by molar-refractivity contribution is 5.31. The lowest BCUT2D eigenvalue weighted by atomic mass is 10.3. The predicted octanol–water partition coefficient (Wildman–Crippen LogP) is 1.05. The van der Waals surface area contributed by atoms with Crippen LogP contribution in [0.5, 0.6) is 0 Å². The summed E-state index contributed by atoms with van der Waals surface area (Å²) in [7, 11) is 0. The summed E-state index contributed by atoms with van der Waals surface area (Å²) in [4.78, 5) is 17.4. The summed E-state index contributed by atoms with van der Waals surface area (Å²) in [6.07, 6.45) is -4.66. The standard InChI is InChI=1S/C8H7F3N4O/c1-3-4(2)12-7-13-6(8(9,10)11)14-15(7)5(3)16/h1-2H3,(H,12,13,14). The van der Waals surface area contributed by atoms with Crippen LogP contribution < -0.4 is 5.56 Å². The molecule has 1 N–H and O–H groups in total. The van der Waals surface area contributed by atoms with E-state index in [1.807, 2.05) is 0 Å². The number of aryl methyl sites for hydroxylation is 1. The van der Waals surface area contributed by atoms with Gasteiger partial charge in [0.15, 0.2) is 0 Å². The van der Waals surface area contributed by atoms with Gasteiger partial charge in [0, 0.05) is 11.3 Å². The molecule has 16 heavy (non-hydrogen) atoms. The second-order valence-electron chi connectivity index (χ2n) is 3.35. The van der Waals surface area contributed by atoms with Crippen LogP contribution in [-0.4, -0.2) is 19.6 Å². The van der Waals surface area contributed by atoms with E-state index in [1.54, 1.807) is 6.92 Å². The van der Waals surface area contributed by atoms with Gasteiger partial charge in [-0.3, -0.25) is 4.79 Å². The van der Waals surface area contributed by atoms with Gasteiger partial charge in [0.1, 0.15) is 0 Å². The van der Waals surface area contributed by atoms with Crippen molar-refractivity contribution in [1.82, 2.24) is 19.6 Å². The first-order chi connectivity index (χ1) is 7.30. The molecule has 0 aliphatic carbocycles. The quantitative estimate of drug-likeness (QED) is 0.738. The number of halogens is 3. The third-order valence-electron chi connectivity index (χ3n) is 2.24. The van der Waals surface area contributed by atoms with Crippen molar-refractivity contribution in [3.8, 4) is 0 Å². The minimum Gasteiger partial charge on any atom is -0.328 e. The molecule has 0 spiro atoms. The van der Waals surface area contributed by atoms with Crippen LogP contribution in [0, 0.1) is 13.8 Å². The fourth-order valence-corrected chi connectivity index (χ4v) is 1.24. The van der Waals surface area contributed by atoms with E-state index >= 15 is 0 Å². The number of rotatable bonds is 0. The normalized spacial score (nSPS) is 12.3. The Morgan fingerprint density at radius 3 is 2.50 bits per heavy atom. The van der Waals surface area contributed by atoms with Crippen molar-refractivity contribution in [3.05, 3.63) is 27.4 Å². The summed E-state index contributed by atoms with van der Waals surface area (Å²) >= 11 is 0. The summed E-state index contributed by atoms with van der Waals surface area (Å²) in [5, 5.41) is 3.12. The van der Waals surface area contributed by atoms with Crippen LogP contribution in [0.15, 0.2) is 4.79 Å². The van der Waals surface area contributed by atoms with Gasteiger partial charge in [0.05, 0.1) is 0 Å². The van der Waals surface area contributed by atoms with Gasteiger partial charge >= 0.3 is 6.18 Å². The van der Waals surface area contributed by atoms with E-state index < -0.39 is 17.6 Å². The van der Waals surface area contributed by atoms with Crippen LogP contribution in [0.3, 0.4) is 0 Å². The van der Waals surface area contributed by atoms with Gasteiger partial charge in [-0.1, -0.05) is 0 Å². The molecule has 2 aromatic rings. The van der Waals surface area contributed by atoms with Gasteiger partial charge in [-0.15, -0.1) is 5.10 Å². The van der Waals surface area contributed by atoms with E-state index in [-0.39, 0.29) is 5.78 Å². The minimum atomic E-state index is -4.66. The van der Waals surface area contributed by atoms with Gasteiger partial charge in [-0.05, 0) is 13.8 Å². The van der Waals surface area contributed by atoms with Crippen molar-refractivity contribution in [1.29, 1.82) is 0 Å². The molecule has 2 rings (SSSR count). The zero-order valence-corrected chi connectivity index (χ0v) is 8.38. The predicted molar refractivity (Wildman–Crippen MR) is 48.1 cm³/mol. The van der Waals surface area contributed by atoms with Crippen LogP contribution in [0.1, 0.15) is 17.1 Å². The van der Waals surface area contributed by atoms with Crippen molar-refractivity contribution >= 4 is 5.78 Å². The van der Waals surface area contributed by atoms with Crippen molar-refractivity contribution in [3.63, 3.8) is 0 Å². The zero-order valence-electron chi connectivity index (χ0n) is 8.38. The highest BCUT2D eigenvalue weighted by Crippen LogP contribution is 2.25. The summed E-state index contributed by atoms with van der Waals surface area (Å²) in [6, 6.07) is 0. The average Bonchev–Trinajstić information content (AvgIpc) is 2.57. The maximum Gasteiger partial charge on any atom is 0.453 e. The van der Waals surface area contributed by atoms with E-state index in [2.05, 4.69) is 15.1 Å². The molecule has 0 aliphatic rings. The first kappa shape index (κ1) is 10.7. The molecule has 2 aromatic heterocycles. The Morgan fingerprint density at radius 1 is 1.31 bits per heavy atom. The SMILES string of the molecule is Cc1[nH]c2nc(C(F)(F)F)nn2c(=O)c1C. The van der Waals surface area contributed by atoms with Gasteiger partial charge in [-0.2, -0.15) is 22.7 Å². The number of nitrogens with zero attached hydrogens (tertiary/aromatic N) is 3. The number of fused-ring (bicyclic) bond motifs is 1. The molecule has 5 nitrogen and oxygen atoms in total. The van der Waals surface area contributed by atoms with Crippen LogP contribution in [0.4, 0.5) is 13.2 Å². The van der Waals surface area contributed by atoms with E-state index in [4.69, 9.17) is 0 Å². The fraction of sp³-hybridized carbons (Fsp3) is 0.375. The molecule has 0 saturated carbocycles. The van der Waals surface area contributed by atoms with Crippen LogP contribution in [0.25, 0.3) is 5.78 Å². The van der Waals surface area contributed by atoms with E-state index in [0.29, 0.717) is 15.8 Å². The first-order valence-corrected chi connectivity index (χ1v) is 4.34. The molecule has 2 heterocycles. The van der Waals surface area contributed by atoms with Crippen molar-refractivity contribution in [2.45, 2.75) is 20.0 Å². The first-order valence-electron chi connectivity index (χ1n) is 4.34. The zero-order chi connectivity index (χ0) is 12.1.